The second-order valence-electron chi connectivity index (χ2n) is 14.8. The van der Waals surface area contributed by atoms with E-state index in [4.69, 9.17) is 51.2 Å². The largest absolute Gasteiger partial charge is 2.00 e. The number of aromatic amines is 2. The number of carbonyl (C=O) groups is 5. The van der Waals surface area contributed by atoms with Gasteiger partial charge in [-0.3, -0.25) is 24.2 Å². The molecule has 2 fully saturated rings. The van der Waals surface area contributed by atoms with Gasteiger partial charge in [0.15, 0.2) is 17.9 Å². The number of phenolic OH excluding ortho intramolecular Hbond substituents is 2. The number of nitrogens with one attached hydrogen (secondary N) is 2. The molecule has 0 radical (unpaired) electrons. The van der Waals surface area contributed by atoms with Gasteiger partial charge >= 0.3 is 26.8 Å². The fourth-order valence-corrected chi connectivity index (χ4v) is 7.33. The maximum Gasteiger partial charge on any atom is 2.00 e. The number of ether oxygens (including phenoxy) is 3. The van der Waals surface area contributed by atoms with Gasteiger partial charge in [-0.15, -0.1) is 0 Å². The van der Waals surface area contributed by atoms with E-state index in [0.29, 0.717) is 6.20 Å². The van der Waals surface area contributed by atoms with E-state index >= 15 is 0 Å². The van der Waals surface area contributed by atoms with Crippen LogP contribution in [0.2, 0.25) is 0 Å². The number of carboxylic acid groups (broad SMARTS) is 2. The van der Waals surface area contributed by atoms with Gasteiger partial charge in [-0.25, -0.2) is 4.79 Å². The van der Waals surface area contributed by atoms with Crippen molar-refractivity contribution in [3.63, 3.8) is 0 Å². The third-order valence-corrected chi connectivity index (χ3v) is 10.6. The molecule has 4 aliphatic rings. The van der Waals surface area contributed by atoms with Crippen LogP contribution in [0.1, 0.15) is 94.5 Å². The molecule has 1 aliphatic heterocycles. The van der Waals surface area contributed by atoms with E-state index in [-0.39, 0.29) is 67.6 Å². The number of hydrogen-bond donors (Lipinski definition) is 10. The molecule has 1 aromatic heterocycles. The van der Waals surface area contributed by atoms with Crippen LogP contribution in [0.25, 0.3) is 0 Å². The minimum Gasteiger partial charge on any atom is -0.543 e. The van der Waals surface area contributed by atoms with E-state index in [0.717, 1.165) is 12.8 Å². The third kappa shape index (κ3) is 11.7. The topological polar surface area (TPSA) is 404 Å². The zero-order valence-corrected chi connectivity index (χ0v) is 35.8. The number of hydrogen-bond acceptors (Lipinski definition) is 20. The van der Waals surface area contributed by atoms with Gasteiger partial charge in [0, 0.05) is 60.3 Å². The summed E-state index contributed by atoms with van der Waals surface area (Å²) in [6, 6.07) is 4.20. The summed E-state index contributed by atoms with van der Waals surface area (Å²) in [7, 11) is 1.32. The Morgan fingerprint density at radius 2 is 1.54 bits per heavy atom. The predicted octanol–water partition coefficient (Wildman–Crippen LogP) is -4.10. The number of rotatable bonds is 5. The zero-order valence-electron chi connectivity index (χ0n) is 33.6. The zero-order chi connectivity index (χ0) is 46.4. The number of phenols is 2. The van der Waals surface area contributed by atoms with Gasteiger partial charge in [0.2, 0.25) is 11.6 Å². The van der Waals surface area contributed by atoms with Crippen LogP contribution in [0.15, 0.2) is 34.0 Å². The van der Waals surface area contributed by atoms with E-state index in [2.05, 4.69) is 0 Å². The molecule has 0 spiro atoms. The molecule has 3 aromatic rings. The average Bonchev–Trinajstić information content (AvgIpc) is 3.22. The number of aliphatic hydroxyl groups excluding tert-OH is 2. The number of aliphatic carboxylic acids is 2. The number of carbonyl (C=O) groups excluding carboxylic acids is 5. The molecule has 0 bridgehead atoms. The second-order valence-corrected chi connectivity index (χ2v) is 14.8. The number of nitrogens with two attached hydrogens (primary N) is 3. The van der Waals surface area contributed by atoms with Crippen LogP contribution in [-0.2, 0) is 51.3 Å². The van der Waals surface area contributed by atoms with Gasteiger partial charge in [-0.2, -0.15) is 4.39 Å². The fourth-order valence-electron chi connectivity index (χ4n) is 7.33. The van der Waals surface area contributed by atoms with E-state index in [1.54, 1.807) is 11.9 Å². The Labute approximate surface area is 370 Å². The number of fused-ring (bicyclic) bond motifs is 3. The third-order valence-electron chi connectivity index (χ3n) is 10.6. The predicted molar refractivity (Wildman–Crippen MR) is 204 cm³/mol. The van der Waals surface area contributed by atoms with E-state index in [1.165, 1.54) is 38.2 Å². The number of aromatic nitrogens is 2. The van der Waals surface area contributed by atoms with Crippen LogP contribution >= 0.6 is 0 Å². The average molecular weight is 1070 g/mol. The molecule has 24 heteroatoms. The molecule has 2 heterocycles. The van der Waals surface area contributed by atoms with Crippen molar-refractivity contribution in [1.29, 1.82) is 0 Å². The molecule has 2 aromatic carbocycles. The van der Waals surface area contributed by atoms with Crippen LogP contribution < -0.4 is 43.4 Å². The molecule has 8 atom stereocenters. The van der Waals surface area contributed by atoms with E-state index < -0.39 is 125 Å². The number of halogens is 1. The summed E-state index contributed by atoms with van der Waals surface area (Å²) in [6.45, 7) is 0.560. The molecule has 13 N–H and O–H groups in total. The Balaban J connectivity index is 0.000000356. The number of methoxy groups -OCH3 is 1. The number of ketones is 3. The Hall–Kier alpha value is -5.23. The van der Waals surface area contributed by atoms with Crippen molar-refractivity contribution in [2.24, 2.45) is 17.2 Å². The molecule has 3 aliphatic carbocycles. The van der Waals surface area contributed by atoms with Crippen LogP contribution in [0.4, 0.5) is 4.39 Å². The fraction of sp³-hybridized carbons (Fsp3) is 0.462. The van der Waals surface area contributed by atoms with Crippen molar-refractivity contribution in [1.82, 2.24) is 9.97 Å². The smallest absolute Gasteiger partial charge is 0.543 e. The number of carboxylic acids is 2. The van der Waals surface area contributed by atoms with Gasteiger partial charge in [-0.1, -0.05) is 25.0 Å². The second kappa shape index (κ2) is 21.9. The number of Topliss-reactive ketones (excluding diaryl/α,β-unsaturated/α-hetero) is 1. The molecule has 22 nitrogen and oxygen atoms in total. The maximum absolute atomic E-state index is 13.6. The monoisotopic (exact) mass is 1070 g/mol. The van der Waals surface area contributed by atoms with Crippen molar-refractivity contribution in [2.45, 2.75) is 100 Å². The minimum atomic E-state index is -2.24. The molecule has 0 amide bonds. The molecule has 1 saturated carbocycles. The number of aliphatic hydroxyl groups is 3. The number of H-pyrrole nitrogens is 2. The summed E-state index contributed by atoms with van der Waals surface area (Å²) in [5.41, 5.74) is 12.0. The normalized spacial score (nSPS) is 25.6. The molecular formula is C39H46FN5O17Pt. The summed E-state index contributed by atoms with van der Waals surface area (Å²) in [4.78, 5) is 81.6. The SMILES string of the molecule is COc1cccc2c1C(=O)c1c(O)c3c(c(O)c1C2=O)C[C@@](O)(C(=O)CO)C[C@@H]3O[C@H]1C[C@H](N)[C@@H](O)[C@H](C)O1.N[C@@H]1CCCC[C@H]1N.O=C([O-])C(=O)[O-].O=c1[nH]cc(F)c(=O)[nH]1.[Pt+2]. The van der Waals surface area contributed by atoms with Crippen LogP contribution in [0, 0.1) is 5.82 Å². The first-order chi connectivity index (χ1) is 29.1. The minimum absolute atomic E-state index is 0. The van der Waals surface area contributed by atoms with Gasteiger partial charge in [0.05, 0.1) is 54.1 Å². The first kappa shape index (κ1) is 52.1. The first-order valence-corrected chi connectivity index (χ1v) is 19.0. The van der Waals surface area contributed by atoms with Gasteiger partial charge in [0.1, 0.15) is 29.5 Å². The van der Waals surface area contributed by atoms with Crippen LogP contribution in [0.5, 0.6) is 17.2 Å². The first-order valence-electron chi connectivity index (χ1n) is 19.0. The Morgan fingerprint density at radius 3 is 2.03 bits per heavy atom. The Kier molecular flexibility index (Phi) is 18.1. The van der Waals surface area contributed by atoms with Crippen LogP contribution in [0.3, 0.4) is 0 Å². The van der Waals surface area contributed by atoms with E-state index in [1.807, 2.05) is 4.98 Å². The quantitative estimate of drug-likeness (QED) is 0.0671. The standard InChI is InChI=1S/C27H29NO11.C6H14N2.C4H3FN2O2.C2H2O4.Pt/c1-10-22(31)13(28)6-17(38-10)39-15-8-27(36,16(30)9-29)7-12-19(15)26(35)21-20(24(12)33)23(32)11-4-3-5-14(37-2)18(11)25(21)34;7-5-3-1-2-4-6(5)8;5-2-1-6-4(9)7-3(2)8;3-1(4)2(5)6;/h3-5,10,13,15,17,22,29,31,33,35-36H,6-9,28H2,1-2H3;5-6H,1-4,7-8H2;1H,(H2,6,7,8,9);(H,3,4)(H,5,6);/q;;;;+2/p-2/t10-,13-,15-,17-,22-,27-;5-,6-;;;/m01.../s1. The van der Waals surface area contributed by atoms with Gasteiger partial charge in [0.25, 0.3) is 5.56 Å². The molecule has 7 rings (SSSR count). The van der Waals surface area contributed by atoms with Crippen molar-refractivity contribution in [3.05, 3.63) is 84.4 Å². The molecule has 0 unspecified atom stereocenters. The summed E-state index contributed by atoms with van der Waals surface area (Å²) in [6.07, 6.45) is 0.384. The number of benzene rings is 2. The Morgan fingerprint density at radius 1 is 0.952 bits per heavy atom. The molecule has 63 heavy (non-hydrogen) atoms. The van der Waals surface area contributed by atoms with Crippen molar-refractivity contribution < 1.29 is 99.4 Å². The molecule has 1 saturated heterocycles. The molecular weight excluding hydrogens is 1020 g/mol. The summed E-state index contributed by atoms with van der Waals surface area (Å²) in [5, 5.41) is 71.5. The summed E-state index contributed by atoms with van der Waals surface area (Å²) in [5.74, 6) is -9.14. The van der Waals surface area contributed by atoms with Crippen molar-refractivity contribution >= 4 is 29.3 Å². The summed E-state index contributed by atoms with van der Waals surface area (Å²) < 4.78 is 29.0. The van der Waals surface area contributed by atoms with Crippen molar-refractivity contribution in [3.8, 4) is 17.2 Å². The maximum atomic E-state index is 13.6. The summed E-state index contributed by atoms with van der Waals surface area (Å²) >= 11 is 0. The van der Waals surface area contributed by atoms with Crippen LogP contribution in [-0.4, -0.2) is 121 Å². The van der Waals surface area contributed by atoms with Gasteiger partial charge < -0.3 is 81.7 Å². The van der Waals surface area contributed by atoms with Crippen molar-refractivity contribution in [2.75, 3.05) is 13.7 Å². The molecule has 346 valence electrons. The van der Waals surface area contributed by atoms with E-state index in [9.17, 15) is 53.9 Å². The van der Waals surface area contributed by atoms with Gasteiger partial charge in [-0.05, 0) is 25.8 Å². The number of aromatic hydroxyl groups is 2. The Bertz CT molecular complexity index is 2290.